The van der Waals surface area contributed by atoms with Crippen molar-refractivity contribution in [3.63, 3.8) is 0 Å². The maximum atomic E-state index is 12.3. The highest BCUT2D eigenvalue weighted by atomic mass is 16.2. The topological polar surface area (TPSA) is 59.8 Å². The number of rotatable bonds is 3. The van der Waals surface area contributed by atoms with Crippen LogP contribution in [0.1, 0.15) is 21.7 Å². The highest BCUT2D eigenvalue weighted by Crippen LogP contribution is 2.15. The van der Waals surface area contributed by atoms with Crippen LogP contribution < -0.4 is 5.32 Å². The molecule has 0 saturated carbocycles. The number of nitrogens with one attached hydrogen (secondary N) is 1. The van der Waals surface area contributed by atoms with Gasteiger partial charge in [0.15, 0.2) is 5.69 Å². The van der Waals surface area contributed by atoms with Crippen molar-refractivity contribution in [3.05, 3.63) is 71.5 Å². The van der Waals surface area contributed by atoms with Crippen molar-refractivity contribution in [2.45, 2.75) is 13.8 Å². The fraction of sp³-hybridized carbons (Fsp3) is 0.118. The Morgan fingerprint density at radius 3 is 2.55 bits per heavy atom. The molecular formula is C17H16N4O. The summed E-state index contributed by atoms with van der Waals surface area (Å²) in [6.45, 7) is 3.85. The second-order valence-electron chi connectivity index (χ2n) is 5.09. The molecule has 0 aliphatic carbocycles. The number of nitrogens with zero attached hydrogens (tertiary/aromatic N) is 3. The highest BCUT2D eigenvalue weighted by molar-refractivity contribution is 6.03. The van der Waals surface area contributed by atoms with E-state index in [4.69, 9.17) is 0 Å². The third kappa shape index (κ3) is 2.74. The van der Waals surface area contributed by atoms with E-state index in [2.05, 4.69) is 15.6 Å². The summed E-state index contributed by atoms with van der Waals surface area (Å²) in [7, 11) is 0. The summed E-state index contributed by atoms with van der Waals surface area (Å²) in [5, 5.41) is 10.9. The van der Waals surface area contributed by atoms with Crippen LogP contribution in [0, 0.1) is 13.8 Å². The van der Waals surface area contributed by atoms with Crippen LogP contribution in [0.5, 0.6) is 0 Å². The Balaban J connectivity index is 1.89. The summed E-state index contributed by atoms with van der Waals surface area (Å²) in [5.74, 6) is -0.261. The number of benzene rings is 2. The molecule has 0 unspecified atom stereocenters. The van der Waals surface area contributed by atoms with Gasteiger partial charge in [-0.05, 0) is 43.7 Å². The van der Waals surface area contributed by atoms with Gasteiger partial charge in [0.2, 0.25) is 0 Å². The third-order valence-electron chi connectivity index (χ3n) is 3.39. The summed E-state index contributed by atoms with van der Waals surface area (Å²) >= 11 is 0. The number of aromatic nitrogens is 3. The smallest absolute Gasteiger partial charge is 0.278 e. The number of anilines is 1. The Kier molecular flexibility index (Phi) is 3.70. The first-order valence-corrected chi connectivity index (χ1v) is 7.01. The molecule has 1 N–H and O–H groups in total. The minimum Gasteiger partial charge on any atom is -0.321 e. The highest BCUT2D eigenvalue weighted by Gasteiger charge is 2.17. The molecule has 0 aliphatic heterocycles. The number of amides is 1. The first kappa shape index (κ1) is 14.0. The SMILES string of the molecule is Cc1cccc(-n2nnc(C(=O)Nc3ccccc3)c2C)c1. The molecule has 3 rings (SSSR count). The summed E-state index contributed by atoms with van der Waals surface area (Å²) in [6.07, 6.45) is 0. The van der Waals surface area contributed by atoms with Gasteiger partial charge in [0.05, 0.1) is 11.4 Å². The van der Waals surface area contributed by atoms with Gasteiger partial charge in [0.25, 0.3) is 5.91 Å². The fourth-order valence-corrected chi connectivity index (χ4v) is 2.26. The van der Waals surface area contributed by atoms with Crippen LogP contribution in [-0.2, 0) is 0 Å². The molecule has 1 aromatic heterocycles. The number of hydrogen-bond acceptors (Lipinski definition) is 3. The molecule has 0 fully saturated rings. The average molecular weight is 292 g/mol. The Labute approximate surface area is 128 Å². The molecule has 0 aliphatic rings. The summed E-state index contributed by atoms with van der Waals surface area (Å²) in [5.41, 5.74) is 3.79. The lowest BCUT2D eigenvalue weighted by Gasteiger charge is -2.05. The zero-order chi connectivity index (χ0) is 15.5. The van der Waals surface area contributed by atoms with E-state index in [1.165, 1.54) is 0 Å². The lowest BCUT2D eigenvalue weighted by atomic mass is 10.2. The van der Waals surface area contributed by atoms with Crippen molar-refractivity contribution in [1.82, 2.24) is 15.0 Å². The maximum absolute atomic E-state index is 12.3. The molecule has 2 aromatic carbocycles. The van der Waals surface area contributed by atoms with Crippen molar-refractivity contribution in [2.24, 2.45) is 0 Å². The lowest BCUT2D eigenvalue weighted by Crippen LogP contribution is -2.14. The summed E-state index contributed by atoms with van der Waals surface area (Å²) in [6, 6.07) is 17.2. The Hall–Kier alpha value is -2.95. The number of carbonyl (C=O) groups is 1. The molecule has 0 atom stereocenters. The molecule has 5 nitrogen and oxygen atoms in total. The van der Waals surface area contributed by atoms with E-state index < -0.39 is 0 Å². The second kappa shape index (κ2) is 5.81. The van der Waals surface area contributed by atoms with E-state index in [1.807, 2.05) is 68.4 Å². The van der Waals surface area contributed by atoms with Gasteiger partial charge in [-0.1, -0.05) is 35.5 Å². The quantitative estimate of drug-likeness (QED) is 0.806. The van der Waals surface area contributed by atoms with E-state index in [-0.39, 0.29) is 5.91 Å². The van der Waals surface area contributed by atoms with Crippen molar-refractivity contribution >= 4 is 11.6 Å². The van der Waals surface area contributed by atoms with Gasteiger partial charge in [-0.25, -0.2) is 4.68 Å². The van der Waals surface area contributed by atoms with E-state index in [1.54, 1.807) is 4.68 Å². The van der Waals surface area contributed by atoms with Crippen molar-refractivity contribution in [1.29, 1.82) is 0 Å². The van der Waals surface area contributed by atoms with E-state index >= 15 is 0 Å². The molecule has 5 heteroatoms. The number of para-hydroxylation sites is 1. The zero-order valence-corrected chi connectivity index (χ0v) is 12.4. The standard InChI is InChI=1S/C17H16N4O/c1-12-7-6-10-15(11-12)21-13(2)16(19-20-21)17(22)18-14-8-4-3-5-9-14/h3-11H,1-2H3,(H,18,22). The number of hydrogen-bond donors (Lipinski definition) is 1. The van der Waals surface area contributed by atoms with E-state index in [9.17, 15) is 4.79 Å². The molecule has 1 heterocycles. The minimum absolute atomic E-state index is 0.261. The van der Waals surface area contributed by atoms with Crippen LogP contribution in [0.4, 0.5) is 5.69 Å². The first-order chi connectivity index (χ1) is 10.6. The van der Waals surface area contributed by atoms with Crippen LogP contribution in [0.3, 0.4) is 0 Å². The van der Waals surface area contributed by atoms with Gasteiger partial charge in [-0.15, -0.1) is 5.10 Å². The normalized spacial score (nSPS) is 10.5. The van der Waals surface area contributed by atoms with Crippen molar-refractivity contribution in [3.8, 4) is 5.69 Å². The second-order valence-corrected chi connectivity index (χ2v) is 5.09. The van der Waals surface area contributed by atoms with Gasteiger partial charge in [-0.2, -0.15) is 0 Å². The van der Waals surface area contributed by atoms with Crippen molar-refractivity contribution in [2.75, 3.05) is 5.32 Å². The maximum Gasteiger partial charge on any atom is 0.278 e. The van der Waals surface area contributed by atoms with E-state index in [0.29, 0.717) is 11.4 Å². The van der Waals surface area contributed by atoms with Crippen LogP contribution in [0.25, 0.3) is 5.69 Å². The fourth-order valence-electron chi connectivity index (χ4n) is 2.26. The molecule has 1 amide bonds. The molecule has 22 heavy (non-hydrogen) atoms. The predicted molar refractivity (Wildman–Crippen MR) is 85.2 cm³/mol. The van der Waals surface area contributed by atoms with Crippen LogP contribution in [0.15, 0.2) is 54.6 Å². The number of carbonyl (C=O) groups excluding carboxylic acids is 1. The predicted octanol–water partition coefficient (Wildman–Crippen LogP) is 3.14. The summed E-state index contributed by atoms with van der Waals surface area (Å²) < 4.78 is 1.67. The molecule has 0 spiro atoms. The molecule has 0 bridgehead atoms. The molecular weight excluding hydrogens is 276 g/mol. The molecule has 0 radical (unpaired) electrons. The molecule has 0 saturated heterocycles. The summed E-state index contributed by atoms with van der Waals surface area (Å²) in [4.78, 5) is 12.3. The zero-order valence-electron chi connectivity index (χ0n) is 12.4. The molecule has 3 aromatic rings. The average Bonchev–Trinajstić information content (AvgIpc) is 2.90. The first-order valence-electron chi connectivity index (χ1n) is 7.01. The lowest BCUT2D eigenvalue weighted by molar-refractivity contribution is 0.102. The van der Waals surface area contributed by atoms with Gasteiger partial charge in [-0.3, -0.25) is 4.79 Å². The Bertz CT molecular complexity index is 809. The van der Waals surface area contributed by atoms with Gasteiger partial charge >= 0.3 is 0 Å². The molecule has 110 valence electrons. The van der Waals surface area contributed by atoms with Crippen LogP contribution >= 0.6 is 0 Å². The van der Waals surface area contributed by atoms with E-state index in [0.717, 1.165) is 16.9 Å². The third-order valence-corrected chi connectivity index (χ3v) is 3.39. The van der Waals surface area contributed by atoms with Crippen LogP contribution in [0.2, 0.25) is 0 Å². The number of aryl methyl sites for hydroxylation is 1. The van der Waals surface area contributed by atoms with Gasteiger partial charge in [0.1, 0.15) is 0 Å². The van der Waals surface area contributed by atoms with Crippen LogP contribution in [-0.4, -0.2) is 20.9 Å². The Morgan fingerprint density at radius 2 is 1.82 bits per heavy atom. The van der Waals surface area contributed by atoms with Gasteiger partial charge in [0, 0.05) is 5.69 Å². The minimum atomic E-state index is -0.261. The van der Waals surface area contributed by atoms with Gasteiger partial charge < -0.3 is 5.32 Å². The Morgan fingerprint density at radius 1 is 1.05 bits per heavy atom. The largest absolute Gasteiger partial charge is 0.321 e. The monoisotopic (exact) mass is 292 g/mol. The van der Waals surface area contributed by atoms with Crippen molar-refractivity contribution < 1.29 is 4.79 Å².